The van der Waals surface area contributed by atoms with Gasteiger partial charge in [0.25, 0.3) is 0 Å². The second-order valence-electron chi connectivity index (χ2n) is 5.11. The van der Waals surface area contributed by atoms with Gasteiger partial charge in [-0.15, -0.1) is 0 Å². The first kappa shape index (κ1) is 13.6. The minimum Gasteiger partial charge on any atom is -0.381 e. The lowest BCUT2D eigenvalue weighted by Gasteiger charge is -2.26. The van der Waals surface area contributed by atoms with Gasteiger partial charge in [0, 0.05) is 17.6 Å². The smallest absolute Gasteiger partial charge is 0.126 e. The maximum atomic E-state index is 13.4. The molecular weight excluding hydrogens is 272 g/mol. The van der Waals surface area contributed by atoms with Gasteiger partial charge in [-0.1, -0.05) is 18.2 Å². The van der Waals surface area contributed by atoms with Gasteiger partial charge in [0.15, 0.2) is 0 Å². The van der Waals surface area contributed by atoms with Crippen LogP contribution in [-0.4, -0.2) is 10.1 Å². The van der Waals surface area contributed by atoms with E-state index in [2.05, 4.69) is 4.98 Å². The summed E-state index contributed by atoms with van der Waals surface area (Å²) in [6, 6.07) is 11.9. The van der Waals surface area contributed by atoms with Crippen LogP contribution in [0.1, 0.15) is 18.1 Å². The van der Waals surface area contributed by atoms with Gasteiger partial charge in [-0.05, 0) is 42.3 Å². The van der Waals surface area contributed by atoms with E-state index in [-0.39, 0.29) is 5.56 Å². The number of hydrogen-bond acceptors (Lipinski definition) is 2. The molecular formula is C17H13F2NO. The molecule has 0 radical (unpaired) electrons. The first-order valence-corrected chi connectivity index (χ1v) is 6.51. The number of nitrogens with zero attached hydrogens (tertiary/aromatic N) is 1. The summed E-state index contributed by atoms with van der Waals surface area (Å²) in [7, 11) is 0. The summed E-state index contributed by atoms with van der Waals surface area (Å²) in [4.78, 5) is 4.22. The zero-order valence-electron chi connectivity index (χ0n) is 11.3. The van der Waals surface area contributed by atoms with Crippen molar-refractivity contribution < 1.29 is 13.9 Å². The number of rotatable bonds is 2. The maximum absolute atomic E-state index is 13.4. The minimum atomic E-state index is -1.52. The quantitative estimate of drug-likeness (QED) is 0.777. The van der Waals surface area contributed by atoms with Crippen molar-refractivity contribution in [1.82, 2.24) is 4.98 Å². The van der Waals surface area contributed by atoms with E-state index in [1.54, 1.807) is 24.4 Å². The van der Waals surface area contributed by atoms with Gasteiger partial charge < -0.3 is 5.11 Å². The average Bonchev–Trinajstić information content (AvgIpc) is 2.45. The number of halogens is 2. The lowest BCUT2D eigenvalue weighted by atomic mass is 9.86. The summed E-state index contributed by atoms with van der Waals surface area (Å²) < 4.78 is 26.8. The lowest BCUT2D eigenvalue weighted by Crippen LogP contribution is -2.23. The van der Waals surface area contributed by atoms with Gasteiger partial charge in [-0.3, -0.25) is 4.98 Å². The molecule has 0 aliphatic rings. The lowest BCUT2D eigenvalue weighted by molar-refractivity contribution is 0.103. The molecule has 106 valence electrons. The van der Waals surface area contributed by atoms with Crippen molar-refractivity contribution in [3.63, 3.8) is 0 Å². The van der Waals surface area contributed by atoms with Crippen LogP contribution in [0.5, 0.6) is 0 Å². The highest BCUT2D eigenvalue weighted by molar-refractivity contribution is 5.83. The van der Waals surface area contributed by atoms with E-state index in [0.29, 0.717) is 11.1 Å². The van der Waals surface area contributed by atoms with E-state index in [9.17, 15) is 13.9 Å². The van der Waals surface area contributed by atoms with Crippen molar-refractivity contribution in [3.05, 3.63) is 77.5 Å². The van der Waals surface area contributed by atoms with Gasteiger partial charge in [0.2, 0.25) is 0 Å². The van der Waals surface area contributed by atoms with Crippen molar-refractivity contribution in [3.8, 4) is 0 Å². The molecule has 2 nitrogen and oxygen atoms in total. The van der Waals surface area contributed by atoms with E-state index in [1.165, 1.54) is 6.92 Å². The number of pyridine rings is 1. The largest absolute Gasteiger partial charge is 0.381 e. The maximum Gasteiger partial charge on any atom is 0.126 e. The fraction of sp³-hybridized carbons (Fsp3) is 0.118. The van der Waals surface area contributed by atoms with Crippen LogP contribution >= 0.6 is 0 Å². The highest BCUT2D eigenvalue weighted by Crippen LogP contribution is 2.34. The van der Waals surface area contributed by atoms with Crippen LogP contribution in [0.25, 0.3) is 10.9 Å². The molecule has 1 N–H and O–H groups in total. The number of aliphatic hydroxyl groups is 1. The van der Waals surface area contributed by atoms with Crippen LogP contribution in [0.2, 0.25) is 0 Å². The van der Waals surface area contributed by atoms with Gasteiger partial charge >= 0.3 is 0 Å². The first-order chi connectivity index (χ1) is 9.98. The predicted octanol–water partition coefficient (Wildman–Crippen LogP) is 3.77. The Balaban J connectivity index is 2.24. The van der Waals surface area contributed by atoms with Gasteiger partial charge in [0.1, 0.15) is 17.2 Å². The van der Waals surface area contributed by atoms with Crippen LogP contribution < -0.4 is 0 Å². The summed E-state index contributed by atoms with van der Waals surface area (Å²) in [6.07, 6.45) is 1.66. The van der Waals surface area contributed by atoms with Crippen LogP contribution in [0.15, 0.2) is 54.7 Å². The molecule has 3 rings (SSSR count). The zero-order chi connectivity index (χ0) is 15.0. The second kappa shape index (κ2) is 4.90. The van der Waals surface area contributed by atoms with E-state index in [4.69, 9.17) is 0 Å². The Morgan fingerprint density at radius 1 is 1.00 bits per heavy atom. The summed E-state index contributed by atoms with van der Waals surface area (Å²) in [5.41, 5.74) is -0.0903. The molecule has 0 spiro atoms. The molecule has 4 heteroatoms. The fourth-order valence-electron chi connectivity index (χ4n) is 2.52. The van der Waals surface area contributed by atoms with Crippen LogP contribution in [0, 0.1) is 11.6 Å². The van der Waals surface area contributed by atoms with E-state index >= 15 is 0 Å². The molecule has 0 saturated carbocycles. The fourth-order valence-corrected chi connectivity index (χ4v) is 2.52. The minimum absolute atomic E-state index is 0.163. The number of fused-ring (bicyclic) bond motifs is 1. The van der Waals surface area contributed by atoms with Gasteiger partial charge in [-0.2, -0.15) is 0 Å². The number of aromatic nitrogens is 1. The molecule has 2 aromatic carbocycles. The molecule has 0 amide bonds. The molecule has 1 unspecified atom stereocenters. The van der Waals surface area contributed by atoms with Crippen molar-refractivity contribution in [2.75, 3.05) is 0 Å². The molecule has 0 fully saturated rings. The number of benzene rings is 2. The predicted molar refractivity (Wildman–Crippen MR) is 76.8 cm³/mol. The highest BCUT2D eigenvalue weighted by Gasteiger charge is 2.28. The molecule has 3 aromatic rings. The molecule has 1 heterocycles. The molecule has 0 aliphatic heterocycles. The molecule has 0 aliphatic carbocycles. The SMILES string of the molecule is CC(O)(c1cc(F)cc(F)c1)c1cccc2ncccc12. The Morgan fingerprint density at radius 3 is 2.43 bits per heavy atom. The van der Waals surface area contributed by atoms with Crippen LogP contribution in [0.3, 0.4) is 0 Å². The topological polar surface area (TPSA) is 33.1 Å². The van der Waals surface area contributed by atoms with Crippen LogP contribution in [-0.2, 0) is 5.60 Å². The van der Waals surface area contributed by atoms with E-state index in [1.807, 2.05) is 12.1 Å². The van der Waals surface area contributed by atoms with E-state index in [0.717, 1.165) is 23.6 Å². The number of hydrogen-bond donors (Lipinski definition) is 1. The van der Waals surface area contributed by atoms with Crippen molar-refractivity contribution in [1.29, 1.82) is 0 Å². The summed E-state index contributed by atoms with van der Waals surface area (Å²) >= 11 is 0. The molecule has 1 atom stereocenters. The third-order valence-electron chi connectivity index (χ3n) is 3.59. The molecule has 0 saturated heterocycles. The third-order valence-corrected chi connectivity index (χ3v) is 3.59. The summed E-state index contributed by atoms with van der Waals surface area (Å²) in [5.74, 6) is -1.44. The van der Waals surface area contributed by atoms with Gasteiger partial charge in [-0.25, -0.2) is 8.78 Å². The Morgan fingerprint density at radius 2 is 1.71 bits per heavy atom. The first-order valence-electron chi connectivity index (χ1n) is 6.51. The van der Waals surface area contributed by atoms with E-state index < -0.39 is 17.2 Å². The average molecular weight is 285 g/mol. The normalized spacial score (nSPS) is 14.1. The Kier molecular flexibility index (Phi) is 3.18. The summed E-state index contributed by atoms with van der Waals surface area (Å²) in [5, 5.41) is 11.6. The van der Waals surface area contributed by atoms with Crippen LogP contribution in [0.4, 0.5) is 8.78 Å². The van der Waals surface area contributed by atoms with Crippen molar-refractivity contribution in [2.24, 2.45) is 0 Å². The Hall–Kier alpha value is -2.33. The highest BCUT2D eigenvalue weighted by atomic mass is 19.1. The van der Waals surface area contributed by atoms with Crippen molar-refractivity contribution in [2.45, 2.75) is 12.5 Å². The Bertz CT molecular complexity index is 789. The molecule has 21 heavy (non-hydrogen) atoms. The Labute approximate surface area is 120 Å². The third kappa shape index (κ3) is 2.38. The zero-order valence-corrected chi connectivity index (χ0v) is 11.3. The van der Waals surface area contributed by atoms with Crippen molar-refractivity contribution >= 4 is 10.9 Å². The second-order valence-corrected chi connectivity index (χ2v) is 5.11. The van der Waals surface area contributed by atoms with Gasteiger partial charge in [0.05, 0.1) is 5.52 Å². The summed E-state index contributed by atoms with van der Waals surface area (Å²) in [6.45, 7) is 1.52. The standard InChI is InChI=1S/C17H13F2NO/c1-17(21,11-8-12(18)10-13(19)9-11)15-5-2-6-16-14(15)4-3-7-20-16/h2-10,21H,1H3. The molecule has 1 aromatic heterocycles. The monoisotopic (exact) mass is 285 g/mol. The molecule has 0 bridgehead atoms.